The summed E-state index contributed by atoms with van der Waals surface area (Å²) in [4.78, 5) is -0.608. The Morgan fingerprint density at radius 3 is 2.52 bits per heavy atom. The van der Waals surface area contributed by atoms with E-state index < -0.39 is 26.6 Å². The van der Waals surface area contributed by atoms with Gasteiger partial charge in [0.15, 0.2) is 0 Å². The van der Waals surface area contributed by atoms with Gasteiger partial charge in [0.2, 0.25) is 10.0 Å². The van der Waals surface area contributed by atoms with E-state index in [4.69, 9.17) is 5.11 Å². The molecule has 4 nitrogen and oxygen atoms in total. The van der Waals surface area contributed by atoms with Crippen molar-refractivity contribution in [2.75, 3.05) is 13.2 Å². The Bertz CT molecular complexity index is 552. The molecular formula is C13H18BrF2NO3S. The smallest absolute Gasteiger partial charge is 0.244 e. The second-order valence-electron chi connectivity index (χ2n) is 4.72. The fourth-order valence-corrected chi connectivity index (χ4v) is 4.30. The highest BCUT2D eigenvalue weighted by atomic mass is 79.9. The minimum absolute atomic E-state index is 0.0305. The number of rotatable bonds is 8. The molecule has 1 atom stereocenters. The maximum atomic E-state index is 13.7. The Balaban J connectivity index is 2.92. The van der Waals surface area contributed by atoms with Gasteiger partial charge in [-0.05, 0) is 40.8 Å². The zero-order valence-electron chi connectivity index (χ0n) is 11.6. The van der Waals surface area contributed by atoms with Crippen molar-refractivity contribution in [3.05, 3.63) is 28.2 Å². The number of aliphatic hydroxyl groups is 1. The van der Waals surface area contributed by atoms with Crippen LogP contribution in [0.5, 0.6) is 0 Å². The lowest BCUT2D eigenvalue weighted by atomic mass is 10.0. The Labute approximate surface area is 131 Å². The van der Waals surface area contributed by atoms with Crippen molar-refractivity contribution in [1.29, 1.82) is 0 Å². The zero-order chi connectivity index (χ0) is 16.0. The van der Waals surface area contributed by atoms with Crippen LogP contribution in [0.2, 0.25) is 0 Å². The first-order chi connectivity index (χ1) is 9.81. The fourth-order valence-electron chi connectivity index (χ4n) is 2.02. The van der Waals surface area contributed by atoms with Crippen LogP contribution in [0.4, 0.5) is 8.78 Å². The SMILES string of the molecule is CCCC(CCO)CNS(=O)(=O)c1c(F)cc(F)cc1Br. The number of aliphatic hydroxyl groups excluding tert-OH is 1. The number of hydrogen-bond acceptors (Lipinski definition) is 3. The summed E-state index contributed by atoms with van der Waals surface area (Å²) in [5, 5.41) is 8.94. The molecule has 0 saturated heterocycles. The third-order valence-electron chi connectivity index (χ3n) is 3.03. The molecule has 0 aliphatic rings. The summed E-state index contributed by atoms with van der Waals surface area (Å²) in [5.41, 5.74) is 0. The van der Waals surface area contributed by atoms with Gasteiger partial charge in [0, 0.05) is 23.7 Å². The van der Waals surface area contributed by atoms with Gasteiger partial charge < -0.3 is 5.11 Å². The molecule has 8 heteroatoms. The van der Waals surface area contributed by atoms with Gasteiger partial charge in [-0.3, -0.25) is 0 Å². The minimum Gasteiger partial charge on any atom is -0.396 e. The monoisotopic (exact) mass is 385 g/mol. The molecule has 1 aromatic rings. The van der Waals surface area contributed by atoms with E-state index in [1.165, 1.54) is 0 Å². The third-order valence-corrected chi connectivity index (χ3v) is 5.42. The summed E-state index contributed by atoms with van der Waals surface area (Å²) in [7, 11) is -4.09. The van der Waals surface area contributed by atoms with Gasteiger partial charge in [0.25, 0.3) is 0 Å². The van der Waals surface area contributed by atoms with E-state index in [1.807, 2.05) is 6.92 Å². The van der Waals surface area contributed by atoms with Crippen LogP contribution in [-0.2, 0) is 10.0 Å². The molecule has 120 valence electrons. The van der Waals surface area contributed by atoms with E-state index in [1.54, 1.807) is 0 Å². The van der Waals surface area contributed by atoms with Crippen LogP contribution in [0.1, 0.15) is 26.2 Å². The lowest BCUT2D eigenvalue weighted by Gasteiger charge is -2.16. The summed E-state index contributed by atoms with van der Waals surface area (Å²) in [6, 6.07) is 1.42. The van der Waals surface area contributed by atoms with Crippen molar-refractivity contribution in [1.82, 2.24) is 4.72 Å². The van der Waals surface area contributed by atoms with E-state index in [0.29, 0.717) is 12.5 Å². The molecule has 0 saturated carbocycles. The van der Waals surface area contributed by atoms with Gasteiger partial charge >= 0.3 is 0 Å². The minimum atomic E-state index is -4.09. The van der Waals surface area contributed by atoms with Crippen LogP contribution in [0.3, 0.4) is 0 Å². The molecule has 2 N–H and O–H groups in total. The normalized spacial score (nSPS) is 13.4. The first kappa shape index (κ1) is 18.5. The first-order valence-corrected chi connectivity index (χ1v) is 8.84. The highest BCUT2D eigenvalue weighted by Crippen LogP contribution is 2.26. The average Bonchev–Trinajstić information content (AvgIpc) is 2.35. The van der Waals surface area contributed by atoms with Crippen molar-refractivity contribution in [2.45, 2.75) is 31.1 Å². The van der Waals surface area contributed by atoms with Crippen LogP contribution in [-0.4, -0.2) is 26.7 Å². The molecule has 1 unspecified atom stereocenters. The van der Waals surface area contributed by atoms with Gasteiger partial charge in [0.1, 0.15) is 16.5 Å². The number of sulfonamides is 1. The van der Waals surface area contributed by atoms with Gasteiger partial charge in [-0.2, -0.15) is 0 Å². The lowest BCUT2D eigenvalue weighted by Crippen LogP contribution is -2.30. The maximum Gasteiger partial charge on any atom is 0.244 e. The van der Waals surface area contributed by atoms with Crippen molar-refractivity contribution < 1.29 is 22.3 Å². The van der Waals surface area contributed by atoms with Gasteiger partial charge in [-0.25, -0.2) is 21.9 Å². The molecule has 0 fully saturated rings. The molecule has 0 radical (unpaired) electrons. The van der Waals surface area contributed by atoms with Crippen LogP contribution in [0, 0.1) is 17.6 Å². The summed E-state index contributed by atoms with van der Waals surface area (Å²) >= 11 is 2.86. The second-order valence-corrected chi connectivity index (χ2v) is 7.28. The predicted octanol–water partition coefficient (Wildman–Crippen LogP) is 2.80. The maximum absolute atomic E-state index is 13.7. The van der Waals surface area contributed by atoms with Crippen LogP contribution < -0.4 is 4.72 Å². The molecule has 0 aromatic heterocycles. The quantitative estimate of drug-likeness (QED) is 0.722. The van der Waals surface area contributed by atoms with E-state index in [2.05, 4.69) is 20.7 Å². The molecule has 0 aliphatic heterocycles. The van der Waals surface area contributed by atoms with Gasteiger partial charge in [-0.15, -0.1) is 0 Å². The van der Waals surface area contributed by atoms with Crippen LogP contribution >= 0.6 is 15.9 Å². The summed E-state index contributed by atoms with van der Waals surface area (Å²) in [5.74, 6) is -2.04. The third kappa shape index (κ3) is 5.28. The van der Waals surface area contributed by atoms with Crippen LogP contribution in [0.15, 0.2) is 21.5 Å². The molecule has 0 heterocycles. The molecule has 1 aromatic carbocycles. The number of halogens is 3. The van der Waals surface area contributed by atoms with E-state index in [0.717, 1.165) is 18.9 Å². The lowest BCUT2D eigenvalue weighted by molar-refractivity contribution is 0.251. The number of benzene rings is 1. The summed E-state index contributed by atoms with van der Waals surface area (Å²) in [6.45, 7) is 2.01. The summed E-state index contributed by atoms with van der Waals surface area (Å²) in [6.07, 6.45) is 2.06. The molecule has 21 heavy (non-hydrogen) atoms. The predicted molar refractivity (Wildman–Crippen MR) is 79.3 cm³/mol. The molecule has 0 spiro atoms. The first-order valence-electron chi connectivity index (χ1n) is 6.56. The molecular weight excluding hydrogens is 368 g/mol. The van der Waals surface area contributed by atoms with Crippen molar-refractivity contribution in [3.8, 4) is 0 Å². The Hall–Kier alpha value is -0.570. The van der Waals surface area contributed by atoms with Gasteiger partial charge in [-0.1, -0.05) is 13.3 Å². The standard InChI is InChI=1S/C13H18BrF2NO3S/c1-2-3-9(4-5-18)8-17-21(19,20)13-11(14)6-10(15)7-12(13)16/h6-7,9,17-18H,2-5,8H2,1H3. The van der Waals surface area contributed by atoms with E-state index in [9.17, 15) is 17.2 Å². The molecule has 1 rings (SSSR count). The highest BCUT2D eigenvalue weighted by Gasteiger charge is 2.24. The molecule has 0 aliphatic carbocycles. The molecule has 0 bridgehead atoms. The highest BCUT2D eigenvalue weighted by molar-refractivity contribution is 9.10. The van der Waals surface area contributed by atoms with Crippen molar-refractivity contribution >= 4 is 26.0 Å². The molecule has 0 amide bonds. The van der Waals surface area contributed by atoms with Crippen LogP contribution in [0.25, 0.3) is 0 Å². The summed E-state index contributed by atoms with van der Waals surface area (Å²) < 4.78 is 53.1. The Morgan fingerprint density at radius 2 is 2.00 bits per heavy atom. The van der Waals surface area contributed by atoms with Gasteiger partial charge in [0.05, 0.1) is 0 Å². The second kappa shape index (κ2) is 8.17. The number of nitrogens with one attached hydrogen (secondary N) is 1. The Morgan fingerprint density at radius 1 is 1.33 bits per heavy atom. The van der Waals surface area contributed by atoms with E-state index >= 15 is 0 Å². The Kier molecular flexibility index (Phi) is 7.19. The fraction of sp³-hybridized carbons (Fsp3) is 0.538. The average molecular weight is 386 g/mol. The van der Waals surface area contributed by atoms with Crippen molar-refractivity contribution in [3.63, 3.8) is 0 Å². The number of hydrogen-bond donors (Lipinski definition) is 2. The zero-order valence-corrected chi connectivity index (χ0v) is 14.0. The van der Waals surface area contributed by atoms with Crippen molar-refractivity contribution in [2.24, 2.45) is 5.92 Å². The largest absolute Gasteiger partial charge is 0.396 e. The topological polar surface area (TPSA) is 66.4 Å². The van der Waals surface area contributed by atoms with E-state index in [-0.39, 0.29) is 23.5 Å².